The second-order valence-corrected chi connectivity index (χ2v) is 9.16. The van der Waals surface area contributed by atoms with Gasteiger partial charge in [0.1, 0.15) is 5.76 Å². The van der Waals surface area contributed by atoms with Crippen LogP contribution in [0.15, 0.2) is 84.6 Å². The molecular formula is C29H23ClN2O5. The van der Waals surface area contributed by atoms with Crippen LogP contribution in [0.1, 0.15) is 33.1 Å². The molecule has 1 aliphatic heterocycles. The number of carbonyl (C=O) groups is 3. The van der Waals surface area contributed by atoms with Gasteiger partial charge >= 0.3 is 5.97 Å². The van der Waals surface area contributed by atoms with Gasteiger partial charge in [-0.25, -0.2) is 4.79 Å². The number of methoxy groups -OCH3 is 1. The Hall–Kier alpha value is -4.36. The minimum absolute atomic E-state index is 0.0166. The second kappa shape index (κ2) is 9.95. The number of carbonyl (C=O) groups excluding carboxylic acids is 3. The summed E-state index contributed by atoms with van der Waals surface area (Å²) >= 11 is 5.99. The van der Waals surface area contributed by atoms with E-state index in [-0.39, 0.29) is 17.9 Å². The summed E-state index contributed by atoms with van der Waals surface area (Å²) in [6.07, 6.45) is 2.39. The topological polar surface area (TPSA) is 99.7 Å². The van der Waals surface area contributed by atoms with Crippen molar-refractivity contribution in [2.24, 2.45) is 0 Å². The fraction of sp³-hybridized carbons (Fsp3) is 0.138. The number of benzene rings is 3. The number of ketones is 1. The van der Waals surface area contributed by atoms with Gasteiger partial charge < -0.3 is 19.7 Å². The molecule has 37 heavy (non-hydrogen) atoms. The van der Waals surface area contributed by atoms with Crippen LogP contribution in [0, 0.1) is 0 Å². The van der Waals surface area contributed by atoms with E-state index in [0.29, 0.717) is 28.1 Å². The number of ether oxygens (including phenoxy) is 1. The Bertz CT molecular complexity index is 1540. The molecule has 1 atom stereocenters. The molecule has 2 N–H and O–H groups in total. The molecule has 0 aliphatic carbocycles. The summed E-state index contributed by atoms with van der Waals surface area (Å²) in [5, 5.41) is 12.7. The van der Waals surface area contributed by atoms with Crippen molar-refractivity contribution in [3.63, 3.8) is 0 Å². The average Bonchev–Trinajstić information content (AvgIpc) is 3.45. The maximum Gasteiger partial charge on any atom is 0.337 e. The average molecular weight is 515 g/mol. The number of hydrogen-bond donors (Lipinski definition) is 2. The molecule has 0 unspecified atom stereocenters. The molecule has 1 amide bonds. The highest BCUT2D eigenvalue weighted by Gasteiger charge is 2.45. The van der Waals surface area contributed by atoms with Crippen LogP contribution >= 0.6 is 11.6 Å². The number of fused-ring (bicyclic) bond motifs is 1. The van der Waals surface area contributed by atoms with Crippen LogP contribution in [0.4, 0.5) is 0 Å². The van der Waals surface area contributed by atoms with E-state index in [0.717, 1.165) is 16.5 Å². The van der Waals surface area contributed by atoms with E-state index in [1.807, 2.05) is 30.5 Å². The number of amides is 1. The minimum atomic E-state index is -0.840. The van der Waals surface area contributed by atoms with Crippen molar-refractivity contribution in [2.45, 2.75) is 12.5 Å². The number of Topliss-reactive ketones (excluding diaryl/α,β-unsaturated/α-hetero) is 1. The third-order valence-electron chi connectivity index (χ3n) is 6.60. The van der Waals surface area contributed by atoms with Gasteiger partial charge in [0, 0.05) is 34.2 Å². The van der Waals surface area contributed by atoms with Crippen LogP contribution in [-0.4, -0.2) is 46.3 Å². The zero-order valence-electron chi connectivity index (χ0n) is 19.9. The van der Waals surface area contributed by atoms with Crippen molar-refractivity contribution >= 4 is 45.9 Å². The molecule has 5 rings (SSSR count). The number of likely N-dealkylation sites (tertiary alicyclic amines) is 1. The third kappa shape index (κ3) is 4.49. The van der Waals surface area contributed by atoms with Crippen molar-refractivity contribution in [1.29, 1.82) is 0 Å². The summed E-state index contributed by atoms with van der Waals surface area (Å²) in [4.78, 5) is 43.2. The van der Waals surface area contributed by atoms with E-state index in [1.165, 1.54) is 12.0 Å². The molecule has 1 aliphatic rings. The van der Waals surface area contributed by atoms with Gasteiger partial charge in [-0.1, -0.05) is 41.9 Å². The van der Waals surface area contributed by atoms with Crippen LogP contribution in [-0.2, 0) is 20.7 Å². The number of halogens is 1. The highest BCUT2D eigenvalue weighted by atomic mass is 35.5. The molecule has 186 valence electrons. The maximum atomic E-state index is 13.3. The standard InChI is InChI=1S/C29H23ClN2O5/c1-37-29(36)19-8-6-17(7-9-19)25-24(26(33)18-10-12-21(30)13-11-18)27(34)28(35)32(25)15-14-20-16-31-23-5-3-2-4-22(20)23/h2-13,16,25,31,33H,14-15H2,1H3/t25-/m1/s1. The first-order chi connectivity index (χ1) is 17.9. The molecule has 0 radical (unpaired) electrons. The molecule has 8 heteroatoms. The molecule has 0 saturated carbocycles. The molecule has 0 spiro atoms. The van der Waals surface area contributed by atoms with E-state index in [1.54, 1.807) is 48.5 Å². The Kier molecular flexibility index (Phi) is 6.54. The normalized spacial score (nSPS) is 16.9. The Morgan fingerprint density at radius 3 is 2.38 bits per heavy atom. The lowest BCUT2D eigenvalue weighted by Gasteiger charge is -2.25. The fourth-order valence-electron chi connectivity index (χ4n) is 4.72. The highest BCUT2D eigenvalue weighted by Crippen LogP contribution is 2.40. The van der Waals surface area contributed by atoms with Crippen molar-refractivity contribution in [2.75, 3.05) is 13.7 Å². The van der Waals surface area contributed by atoms with Gasteiger partial charge in [0.25, 0.3) is 11.7 Å². The number of nitrogens with one attached hydrogen (secondary N) is 1. The quantitative estimate of drug-likeness (QED) is 0.158. The Labute approximate surface area is 217 Å². The van der Waals surface area contributed by atoms with Crippen LogP contribution in [0.2, 0.25) is 5.02 Å². The van der Waals surface area contributed by atoms with Gasteiger partial charge in [-0.2, -0.15) is 0 Å². The van der Waals surface area contributed by atoms with Gasteiger partial charge in [0.2, 0.25) is 0 Å². The summed E-state index contributed by atoms with van der Waals surface area (Å²) in [6, 6.07) is 19.9. The van der Waals surface area contributed by atoms with Crippen molar-refractivity contribution in [1.82, 2.24) is 9.88 Å². The van der Waals surface area contributed by atoms with Crippen LogP contribution in [0.5, 0.6) is 0 Å². The minimum Gasteiger partial charge on any atom is -0.507 e. The predicted octanol–water partition coefficient (Wildman–Crippen LogP) is 5.27. The Morgan fingerprint density at radius 2 is 1.68 bits per heavy atom. The van der Waals surface area contributed by atoms with Gasteiger partial charge in [0.05, 0.1) is 24.3 Å². The second-order valence-electron chi connectivity index (χ2n) is 8.72. The summed E-state index contributed by atoms with van der Waals surface area (Å²) in [5.41, 5.74) is 3.26. The van der Waals surface area contributed by atoms with Gasteiger partial charge in [-0.15, -0.1) is 0 Å². The van der Waals surface area contributed by atoms with E-state index in [2.05, 4.69) is 4.98 Å². The molecular weight excluding hydrogens is 492 g/mol. The highest BCUT2D eigenvalue weighted by molar-refractivity contribution is 6.46. The number of esters is 1. The van der Waals surface area contributed by atoms with Crippen molar-refractivity contribution in [3.05, 3.63) is 112 Å². The van der Waals surface area contributed by atoms with Gasteiger partial charge in [0.15, 0.2) is 0 Å². The summed E-state index contributed by atoms with van der Waals surface area (Å²) in [7, 11) is 1.29. The van der Waals surface area contributed by atoms with Crippen molar-refractivity contribution in [3.8, 4) is 0 Å². The van der Waals surface area contributed by atoms with Crippen LogP contribution in [0.3, 0.4) is 0 Å². The number of aromatic nitrogens is 1. The van der Waals surface area contributed by atoms with Crippen LogP contribution < -0.4 is 0 Å². The molecule has 0 bridgehead atoms. The lowest BCUT2D eigenvalue weighted by Crippen LogP contribution is -2.31. The summed E-state index contributed by atoms with van der Waals surface area (Å²) in [5.74, 6) is -2.25. The van der Waals surface area contributed by atoms with E-state index >= 15 is 0 Å². The molecule has 1 aromatic heterocycles. The zero-order valence-corrected chi connectivity index (χ0v) is 20.7. The number of hydrogen-bond acceptors (Lipinski definition) is 5. The molecule has 1 fully saturated rings. The van der Waals surface area contributed by atoms with Crippen molar-refractivity contribution < 1.29 is 24.2 Å². The Morgan fingerprint density at radius 1 is 1.00 bits per heavy atom. The number of H-pyrrole nitrogens is 1. The van der Waals surface area contributed by atoms with E-state index < -0.39 is 23.7 Å². The monoisotopic (exact) mass is 514 g/mol. The largest absolute Gasteiger partial charge is 0.507 e. The summed E-state index contributed by atoms with van der Waals surface area (Å²) < 4.78 is 4.78. The first kappa shape index (κ1) is 24.3. The smallest absolute Gasteiger partial charge is 0.337 e. The number of aliphatic hydroxyl groups is 1. The first-order valence-electron chi connectivity index (χ1n) is 11.7. The SMILES string of the molecule is COC(=O)c1ccc([C@@H]2C(=C(O)c3ccc(Cl)cc3)C(=O)C(=O)N2CCc2c[nH]c3ccccc23)cc1. The third-order valence-corrected chi connectivity index (χ3v) is 6.85. The fourth-order valence-corrected chi connectivity index (χ4v) is 4.85. The number of para-hydroxylation sites is 1. The molecule has 2 heterocycles. The lowest BCUT2D eigenvalue weighted by atomic mass is 9.94. The van der Waals surface area contributed by atoms with Gasteiger partial charge in [-0.3, -0.25) is 9.59 Å². The van der Waals surface area contributed by atoms with Gasteiger partial charge in [-0.05, 0) is 60.0 Å². The first-order valence-corrected chi connectivity index (χ1v) is 12.0. The lowest BCUT2D eigenvalue weighted by molar-refractivity contribution is -0.139. The number of rotatable bonds is 6. The zero-order chi connectivity index (χ0) is 26.1. The number of aromatic amines is 1. The molecule has 1 saturated heterocycles. The number of aliphatic hydroxyl groups excluding tert-OH is 1. The summed E-state index contributed by atoms with van der Waals surface area (Å²) in [6.45, 7) is 0.243. The maximum absolute atomic E-state index is 13.3. The van der Waals surface area contributed by atoms with E-state index in [4.69, 9.17) is 16.3 Å². The molecule has 3 aromatic carbocycles. The van der Waals surface area contributed by atoms with Crippen LogP contribution in [0.25, 0.3) is 16.7 Å². The number of nitrogens with zero attached hydrogens (tertiary/aromatic N) is 1. The van der Waals surface area contributed by atoms with E-state index in [9.17, 15) is 19.5 Å². The Balaban J connectivity index is 1.56. The molecule has 7 nitrogen and oxygen atoms in total. The predicted molar refractivity (Wildman–Crippen MR) is 140 cm³/mol. The molecule has 4 aromatic rings.